The van der Waals surface area contributed by atoms with Crippen molar-refractivity contribution in [3.8, 4) is 0 Å². The van der Waals surface area contributed by atoms with Gasteiger partial charge in [0.2, 0.25) is 5.91 Å². The van der Waals surface area contributed by atoms with Crippen molar-refractivity contribution in [3.63, 3.8) is 0 Å². The SMILES string of the molecule is O=C(CCC(=O)C1CCCCCCCCC1)NCC(=O)ON1C(=O)CCC1=O. The Balaban J connectivity index is 1.66. The van der Waals surface area contributed by atoms with Crippen molar-refractivity contribution >= 4 is 29.5 Å². The summed E-state index contributed by atoms with van der Waals surface area (Å²) in [7, 11) is 0. The largest absolute Gasteiger partial charge is 0.352 e. The Kier molecular flexibility index (Phi) is 9.10. The maximum Gasteiger partial charge on any atom is 0.352 e. The minimum absolute atomic E-state index is 0.0156. The zero-order chi connectivity index (χ0) is 20.4. The number of hydroxylamine groups is 2. The van der Waals surface area contributed by atoms with Crippen LogP contribution >= 0.6 is 0 Å². The number of hydrogen-bond acceptors (Lipinski definition) is 6. The Bertz CT molecular complexity index is 578. The zero-order valence-electron chi connectivity index (χ0n) is 16.4. The van der Waals surface area contributed by atoms with E-state index >= 15 is 0 Å². The number of Topliss-reactive ketones (excluding diaryl/α,β-unsaturated/α-hetero) is 1. The van der Waals surface area contributed by atoms with E-state index in [0.29, 0.717) is 5.06 Å². The topological polar surface area (TPSA) is 110 Å². The summed E-state index contributed by atoms with van der Waals surface area (Å²) in [6, 6.07) is 0. The van der Waals surface area contributed by atoms with Gasteiger partial charge in [0, 0.05) is 31.6 Å². The van der Waals surface area contributed by atoms with Gasteiger partial charge in [0.1, 0.15) is 12.3 Å². The van der Waals surface area contributed by atoms with E-state index in [9.17, 15) is 24.0 Å². The van der Waals surface area contributed by atoms with Gasteiger partial charge in [-0.05, 0) is 12.8 Å². The second-order valence-corrected chi connectivity index (χ2v) is 7.54. The Morgan fingerprint density at radius 1 is 0.857 bits per heavy atom. The summed E-state index contributed by atoms with van der Waals surface area (Å²) in [6.07, 6.45) is 10.2. The van der Waals surface area contributed by atoms with Gasteiger partial charge >= 0.3 is 5.97 Å². The molecule has 2 fully saturated rings. The van der Waals surface area contributed by atoms with Crippen LogP contribution in [0.3, 0.4) is 0 Å². The molecule has 8 nitrogen and oxygen atoms in total. The van der Waals surface area contributed by atoms with E-state index in [1.165, 1.54) is 19.3 Å². The van der Waals surface area contributed by atoms with E-state index in [2.05, 4.69) is 10.2 Å². The number of amides is 3. The molecule has 1 aliphatic heterocycles. The molecule has 2 rings (SSSR count). The van der Waals surface area contributed by atoms with Crippen molar-refractivity contribution in [3.05, 3.63) is 0 Å². The van der Waals surface area contributed by atoms with Gasteiger partial charge in [0.25, 0.3) is 11.8 Å². The molecule has 0 atom stereocenters. The molecule has 0 aromatic rings. The van der Waals surface area contributed by atoms with Crippen LogP contribution in [0.5, 0.6) is 0 Å². The summed E-state index contributed by atoms with van der Waals surface area (Å²) in [5.41, 5.74) is 0. The first-order valence-electron chi connectivity index (χ1n) is 10.3. The number of carbonyl (C=O) groups is 5. The maximum absolute atomic E-state index is 12.5. The fourth-order valence-corrected chi connectivity index (χ4v) is 3.62. The number of hydrogen-bond donors (Lipinski definition) is 1. The van der Waals surface area contributed by atoms with Gasteiger partial charge in [-0.3, -0.25) is 19.2 Å². The molecule has 0 radical (unpaired) electrons. The Morgan fingerprint density at radius 2 is 1.39 bits per heavy atom. The van der Waals surface area contributed by atoms with Gasteiger partial charge in [-0.15, -0.1) is 5.06 Å². The van der Waals surface area contributed by atoms with Gasteiger partial charge in [0.05, 0.1) is 0 Å². The molecule has 1 N–H and O–H groups in total. The summed E-state index contributed by atoms with van der Waals surface area (Å²) >= 11 is 0. The highest BCUT2D eigenvalue weighted by Crippen LogP contribution is 2.23. The van der Waals surface area contributed by atoms with Crippen molar-refractivity contribution < 1.29 is 28.8 Å². The Labute approximate surface area is 165 Å². The van der Waals surface area contributed by atoms with Gasteiger partial charge < -0.3 is 10.2 Å². The third-order valence-electron chi connectivity index (χ3n) is 5.29. The highest BCUT2D eigenvalue weighted by Gasteiger charge is 2.32. The number of rotatable bonds is 7. The molecule has 0 aromatic carbocycles. The number of imide groups is 1. The molecule has 1 saturated carbocycles. The lowest BCUT2D eigenvalue weighted by atomic mass is 9.87. The maximum atomic E-state index is 12.5. The second-order valence-electron chi connectivity index (χ2n) is 7.54. The molecule has 0 aromatic heterocycles. The number of carbonyl (C=O) groups excluding carboxylic acids is 5. The molecular weight excluding hydrogens is 364 g/mol. The molecular formula is C20H30N2O6. The molecule has 156 valence electrons. The normalized spacial score (nSPS) is 19.4. The summed E-state index contributed by atoms with van der Waals surface area (Å²) in [5, 5.41) is 2.81. The summed E-state index contributed by atoms with van der Waals surface area (Å²) in [5.74, 6) is -2.31. The van der Waals surface area contributed by atoms with E-state index in [1.54, 1.807) is 0 Å². The minimum atomic E-state index is -0.893. The highest BCUT2D eigenvalue weighted by molar-refractivity contribution is 6.01. The van der Waals surface area contributed by atoms with Crippen LogP contribution in [0, 0.1) is 5.92 Å². The van der Waals surface area contributed by atoms with Crippen molar-refractivity contribution in [2.24, 2.45) is 5.92 Å². The van der Waals surface area contributed by atoms with Crippen LogP contribution in [0.2, 0.25) is 0 Å². The average Bonchev–Trinajstić information content (AvgIpc) is 3.00. The van der Waals surface area contributed by atoms with Crippen molar-refractivity contribution in [1.82, 2.24) is 10.4 Å². The van der Waals surface area contributed by atoms with Crippen LogP contribution < -0.4 is 5.32 Å². The van der Waals surface area contributed by atoms with Crippen LogP contribution in [0.4, 0.5) is 0 Å². The van der Waals surface area contributed by atoms with E-state index in [4.69, 9.17) is 0 Å². The number of ketones is 1. The minimum Gasteiger partial charge on any atom is -0.345 e. The lowest BCUT2D eigenvalue weighted by Crippen LogP contribution is -2.37. The molecule has 28 heavy (non-hydrogen) atoms. The second kappa shape index (κ2) is 11.6. The zero-order valence-corrected chi connectivity index (χ0v) is 16.4. The van der Waals surface area contributed by atoms with Crippen molar-refractivity contribution in [1.29, 1.82) is 0 Å². The molecule has 0 unspecified atom stereocenters. The molecule has 8 heteroatoms. The number of nitrogens with one attached hydrogen (secondary N) is 1. The summed E-state index contributed by atoms with van der Waals surface area (Å²) < 4.78 is 0. The van der Waals surface area contributed by atoms with Crippen molar-refractivity contribution in [2.75, 3.05) is 6.54 Å². The quantitative estimate of drug-likeness (QED) is 0.663. The standard InChI is InChI=1S/C20H30N2O6/c23-16(15-8-6-4-2-1-3-5-7-9-15)10-11-17(24)21-14-20(27)28-22-18(25)12-13-19(22)26/h15H,1-14H2,(H,21,24). The van der Waals surface area contributed by atoms with Crippen LogP contribution in [0.1, 0.15) is 83.5 Å². The first kappa shape index (κ1) is 22.0. The van der Waals surface area contributed by atoms with Crippen LogP contribution in [0.15, 0.2) is 0 Å². The summed E-state index contributed by atoms with van der Waals surface area (Å²) in [4.78, 5) is 63.4. The van der Waals surface area contributed by atoms with E-state index in [0.717, 1.165) is 38.5 Å². The molecule has 0 bridgehead atoms. The molecule has 1 saturated heterocycles. The highest BCUT2D eigenvalue weighted by atomic mass is 16.7. The lowest BCUT2D eigenvalue weighted by molar-refractivity contribution is -0.196. The fourth-order valence-electron chi connectivity index (χ4n) is 3.62. The third-order valence-corrected chi connectivity index (χ3v) is 5.29. The lowest BCUT2D eigenvalue weighted by Gasteiger charge is -2.17. The monoisotopic (exact) mass is 394 g/mol. The summed E-state index contributed by atoms with van der Waals surface area (Å²) in [6.45, 7) is -0.451. The smallest absolute Gasteiger partial charge is 0.345 e. The van der Waals surface area contributed by atoms with E-state index in [1.807, 2.05) is 0 Å². The molecule has 1 aliphatic carbocycles. The molecule has 3 amide bonds. The first-order valence-corrected chi connectivity index (χ1v) is 10.3. The predicted molar refractivity (Wildman–Crippen MR) is 99.5 cm³/mol. The van der Waals surface area contributed by atoms with Crippen LogP contribution in [-0.4, -0.2) is 41.1 Å². The Hall–Kier alpha value is -2.25. The van der Waals surface area contributed by atoms with Gasteiger partial charge in [0.15, 0.2) is 0 Å². The molecule has 0 spiro atoms. The molecule has 2 aliphatic rings. The van der Waals surface area contributed by atoms with E-state index in [-0.39, 0.29) is 37.4 Å². The Morgan fingerprint density at radius 3 is 1.96 bits per heavy atom. The van der Waals surface area contributed by atoms with Gasteiger partial charge in [-0.2, -0.15) is 0 Å². The van der Waals surface area contributed by atoms with Gasteiger partial charge in [-0.25, -0.2) is 4.79 Å². The van der Waals surface area contributed by atoms with Crippen LogP contribution in [0.25, 0.3) is 0 Å². The van der Waals surface area contributed by atoms with Crippen LogP contribution in [-0.2, 0) is 28.8 Å². The predicted octanol–water partition coefficient (Wildman–Crippen LogP) is 2.20. The number of nitrogens with zero attached hydrogens (tertiary/aromatic N) is 1. The van der Waals surface area contributed by atoms with Gasteiger partial charge in [-0.1, -0.05) is 44.9 Å². The average molecular weight is 394 g/mol. The first-order chi connectivity index (χ1) is 13.5. The fraction of sp³-hybridized carbons (Fsp3) is 0.750. The van der Waals surface area contributed by atoms with E-state index < -0.39 is 30.2 Å². The molecule has 1 heterocycles. The van der Waals surface area contributed by atoms with Crippen molar-refractivity contribution in [2.45, 2.75) is 83.5 Å². The third kappa shape index (κ3) is 7.40.